The maximum Gasteiger partial charge on any atom is 0.387 e. The number of nitriles is 1. The molecule has 1 fully saturated rings. The number of fused-ring (bicyclic) bond motifs is 1. The van der Waals surface area contributed by atoms with E-state index < -0.39 is 36.0 Å². The fourth-order valence-corrected chi connectivity index (χ4v) is 4.84. The molecule has 0 aliphatic heterocycles. The molecule has 0 saturated heterocycles. The molecule has 0 amide bonds. The number of alkyl halides is 4. The van der Waals surface area contributed by atoms with Gasteiger partial charge in [-0.3, -0.25) is 4.98 Å². The zero-order valence-electron chi connectivity index (χ0n) is 17.7. The van der Waals surface area contributed by atoms with E-state index in [1.165, 1.54) is 30.3 Å². The van der Waals surface area contributed by atoms with Crippen LogP contribution < -0.4 is 9.46 Å². The zero-order valence-corrected chi connectivity index (χ0v) is 18.5. The third kappa shape index (κ3) is 4.85. The van der Waals surface area contributed by atoms with Gasteiger partial charge in [-0.25, -0.2) is 21.9 Å². The van der Waals surface area contributed by atoms with E-state index in [2.05, 4.69) is 15.8 Å². The van der Waals surface area contributed by atoms with Crippen molar-refractivity contribution >= 4 is 20.9 Å². The summed E-state index contributed by atoms with van der Waals surface area (Å²) in [7, 11) is -4.21. The summed E-state index contributed by atoms with van der Waals surface area (Å²) < 4.78 is 84.0. The number of benzene rings is 1. The summed E-state index contributed by atoms with van der Waals surface area (Å²) in [5.41, 5.74) is 1.48. The molecule has 0 atom stereocenters. The van der Waals surface area contributed by atoms with E-state index in [9.17, 15) is 31.2 Å². The second-order valence-corrected chi connectivity index (χ2v) is 9.67. The molecule has 7 nitrogen and oxygen atoms in total. The first-order chi connectivity index (χ1) is 16.3. The number of ether oxygens (including phenoxy) is 1. The van der Waals surface area contributed by atoms with Crippen molar-refractivity contribution in [2.45, 2.75) is 36.9 Å². The van der Waals surface area contributed by atoms with Crippen molar-refractivity contribution in [1.82, 2.24) is 14.3 Å². The van der Waals surface area contributed by atoms with Crippen molar-refractivity contribution in [2.24, 2.45) is 5.92 Å². The van der Waals surface area contributed by atoms with Crippen molar-refractivity contribution in [3.8, 4) is 23.2 Å². The molecule has 180 valence electrons. The highest BCUT2D eigenvalue weighted by molar-refractivity contribution is 7.89. The van der Waals surface area contributed by atoms with Gasteiger partial charge < -0.3 is 9.30 Å². The number of sulfonamides is 1. The van der Waals surface area contributed by atoms with E-state index in [4.69, 9.17) is 0 Å². The molecule has 1 aliphatic rings. The number of aromatic nitrogens is 2. The Morgan fingerprint density at radius 1 is 1.21 bits per heavy atom. The molecular weight excluding hydrogens is 476 g/mol. The average Bonchev–Trinajstić information content (AvgIpc) is 3.58. The molecule has 3 aromatic rings. The molecule has 1 aliphatic carbocycles. The van der Waals surface area contributed by atoms with E-state index in [0.717, 1.165) is 19.0 Å². The smallest absolute Gasteiger partial charge is 0.387 e. The lowest BCUT2D eigenvalue weighted by molar-refractivity contribution is -0.0497. The lowest BCUT2D eigenvalue weighted by Gasteiger charge is -2.13. The van der Waals surface area contributed by atoms with Crippen LogP contribution in [0.4, 0.5) is 17.6 Å². The molecule has 4 rings (SSSR count). The van der Waals surface area contributed by atoms with Crippen molar-refractivity contribution in [1.29, 1.82) is 5.26 Å². The van der Waals surface area contributed by atoms with Gasteiger partial charge in [-0.15, -0.1) is 0 Å². The molecule has 1 saturated carbocycles. The lowest BCUT2D eigenvalue weighted by Crippen LogP contribution is -2.37. The van der Waals surface area contributed by atoms with Crippen LogP contribution in [0.2, 0.25) is 0 Å². The number of halogens is 4. The maximum absolute atomic E-state index is 12.8. The molecule has 0 spiro atoms. The van der Waals surface area contributed by atoms with Crippen LogP contribution in [0.3, 0.4) is 0 Å². The van der Waals surface area contributed by atoms with E-state index in [-0.39, 0.29) is 21.9 Å². The Hall–Kier alpha value is -3.17. The minimum Gasteiger partial charge on any atom is -0.435 e. The Kier molecular flexibility index (Phi) is 6.77. The predicted molar refractivity (Wildman–Crippen MR) is 115 cm³/mol. The SMILES string of the molecule is N#Cc1c(-c2ccc(S(=O)(=O)NC(CF)CF)cn2)n(CC2CC2)c2cc(OC(F)F)ccc12. The van der Waals surface area contributed by atoms with E-state index in [1.54, 1.807) is 4.57 Å². The lowest BCUT2D eigenvalue weighted by atomic mass is 10.1. The summed E-state index contributed by atoms with van der Waals surface area (Å²) in [5.74, 6) is 0.298. The van der Waals surface area contributed by atoms with Crippen LogP contribution in [0.1, 0.15) is 18.4 Å². The zero-order chi connectivity index (χ0) is 24.5. The highest BCUT2D eigenvalue weighted by atomic mass is 32.2. The summed E-state index contributed by atoms with van der Waals surface area (Å²) in [5, 5.41) is 10.4. The van der Waals surface area contributed by atoms with Gasteiger partial charge in [0.2, 0.25) is 10.0 Å². The normalized spacial score (nSPS) is 14.1. The minimum atomic E-state index is -4.21. The number of nitrogens with zero attached hydrogens (tertiary/aromatic N) is 3. The van der Waals surface area contributed by atoms with Gasteiger partial charge in [0.25, 0.3) is 0 Å². The van der Waals surface area contributed by atoms with E-state index in [1.807, 2.05) is 4.72 Å². The van der Waals surface area contributed by atoms with Gasteiger partial charge in [-0.05, 0) is 43.0 Å². The third-order valence-corrected chi connectivity index (χ3v) is 7.00. The van der Waals surface area contributed by atoms with Crippen LogP contribution in [0.25, 0.3) is 22.3 Å². The third-order valence-electron chi connectivity index (χ3n) is 5.49. The van der Waals surface area contributed by atoms with E-state index in [0.29, 0.717) is 29.1 Å². The molecule has 1 aromatic carbocycles. The summed E-state index contributed by atoms with van der Waals surface area (Å²) >= 11 is 0. The topological polar surface area (TPSA) is 97.0 Å². The first kappa shape index (κ1) is 24.0. The van der Waals surface area contributed by atoms with Gasteiger partial charge in [0.1, 0.15) is 30.1 Å². The Morgan fingerprint density at radius 2 is 1.94 bits per heavy atom. The van der Waals surface area contributed by atoms with Crippen molar-refractivity contribution < 1.29 is 30.7 Å². The van der Waals surface area contributed by atoms with Crippen LogP contribution in [-0.2, 0) is 16.6 Å². The number of pyridine rings is 1. The standard InChI is InChI=1S/C22H20F4N4O3S/c23-8-14(9-24)29-34(31,32)16-4-6-19(28-11-16)21-18(10-27)17-5-3-15(33-22(25)26)7-20(17)30(21)12-13-1-2-13/h3-7,11,13-14,22,29H,1-2,8-9,12H2. The molecule has 1 N–H and O–H groups in total. The van der Waals surface area contributed by atoms with Crippen LogP contribution in [0.5, 0.6) is 5.75 Å². The number of hydrogen-bond donors (Lipinski definition) is 1. The Bertz CT molecular complexity index is 1330. The maximum atomic E-state index is 12.8. The second kappa shape index (κ2) is 9.60. The second-order valence-electron chi connectivity index (χ2n) is 7.95. The van der Waals surface area contributed by atoms with Crippen LogP contribution >= 0.6 is 0 Å². The molecule has 2 heterocycles. The van der Waals surface area contributed by atoms with Crippen molar-refractivity contribution in [3.05, 3.63) is 42.1 Å². The van der Waals surface area contributed by atoms with Crippen molar-refractivity contribution in [2.75, 3.05) is 13.3 Å². The average molecular weight is 496 g/mol. The Morgan fingerprint density at radius 3 is 2.50 bits per heavy atom. The number of rotatable bonds is 10. The van der Waals surface area contributed by atoms with Crippen LogP contribution in [0, 0.1) is 17.2 Å². The molecule has 0 unspecified atom stereocenters. The van der Waals surface area contributed by atoms with Crippen LogP contribution in [-0.4, -0.2) is 44.0 Å². The Labute approximate surface area is 193 Å². The molecule has 2 aromatic heterocycles. The largest absolute Gasteiger partial charge is 0.435 e. The highest BCUT2D eigenvalue weighted by Crippen LogP contribution is 2.39. The van der Waals surface area contributed by atoms with Gasteiger partial charge >= 0.3 is 6.61 Å². The van der Waals surface area contributed by atoms with Gasteiger partial charge in [-0.2, -0.15) is 14.0 Å². The minimum absolute atomic E-state index is 0.0520. The highest BCUT2D eigenvalue weighted by Gasteiger charge is 2.28. The molecule has 0 radical (unpaired) electrons. The molecule has 12 heteroatoms. The number of hydrogen-bond acceptors (Lipinski definition) is 5. The van der Waals surface area contributed by atoms with Crippen molar-refractivity contribution in [3.63, 3.8) is 0 Å². The quantitative estimate of drug-likeness (QED) is 0.425. The summed E-state index contributed by atoms with van der Waals surface area (Å²) in [4.78, 5) is 3.91. The first-order valence-corrected chi connectivity index (χ1v) is 11.9. The summed E-state index contributed by atoms with van der Waals surface area (Å²) in [6.45, 7) is -4.89. The monoisotopic (exact) mass is 496 g/mol. The Balaban J connectivity index is 1.79. The predicted octanol–water partition coefficient (Wildman–Crippen LogP) is 4.17. The summed E-state index contributed by atoms with van der Waals surface area (Å²) in [6.07, 6.45) is 3.00. The van der Waals surface area contributed by atoms with Gasteiger partial charge in [0, 0.05) is 24.2 Å². The fourth-order valence-electron chi connectivity index (χ4n) is 3.70. The van der Waals surface area contributed by atoms with E-state index >= 15 is 0 Å². The van der Waals surface area contributed by atoms with Gasteiger partial charge in [0.15, 0.2) is 0 Å². The number of nitrogens with one attached hydrogen (secondary N) is 1. The molecule has 0 bridgehead atoms. The van der Waals surface area contributed by atoms with Gasteiger partial charge in [0.05, 0.1) is 28.5 Å². The molecule has 34 heavy (non-hydrogen) atoms. The molecular formula is C22H20F4N4O3S. The summed E-state index contributed by atoms with van der Waals surface area (Å²) in [6, 6.07) is 7.56. The van der Waals surface area contributed by atoms with Crippen LogP contribution in [0.15, 0.2) is 41.4 Å². The fraction of sp³-hybridized carbons (Fsp3) is 0.364. The van der Waals surface area contributed by atoms with Gasteiger partial charge in [-0.1, -0.05) is 0 Å². The first-order valence-electron chi connectivity index (χ1n) is 10.4.